The number of pyridine rings is 1. The summed E-state index contributed by atoms with van der Waals surface area (Å²) in [5.74, 6) is 0.735. The van der Waals surface area contributed by atoms with E-state index in [-0.39, 0.29) is 12.5 Å². The van der Waals surface area contributed by atoms with Gasteiger partial charge in [0.25, 0.3) is 5.91 Å². The lowest BCUT2D eigenvalue weighted by Gasteiger charge is -2.24. The third-order valence-electron chi connectivity index (χ3n) is 3.79. The first-order valence-electron chi connectivity index (χ1n) is 7.66. The SMILES string of the molecule is CC(C)(CO)NC(=O)c1ccc(N2CCCCCC2)nc1. The molecule has 21 heavy (non-hydrogen) atoms. The van der Waals surface area contributed by atoms with Crippen LogP contribution < -0.4 is 10.2 Å². The predicted octanol–water partition coefficient (Wildman–Crippen LogP) is 1.96. The smallest absolute Gasteiger partial charge is 0.253 e. The molecule has 0 atom stereocenters. The number of nitrogens with one attached hydrogen (secondary N) is 1. The van der Waals surface area contributed by atoms with Crippen LogP contribution in [-0.4, -0.2) is 41.2 Å². The lowest BCUT2D eigenvalue weighted by molar-refractivity contribution is 0.0869. The highest BCUT2D eigenvalue weighted by Gasteiger charge is 2.20. The average molecular weight is 291 g/mol. The van der Waals surface area contributed by atoms with Crippen LogP contribution in [0.1, 0.15) is 49.9 Å². The van der Waals surface area contributed by atoms with E-state index < -0.39 is 5.54 Å². The van der Waals surface area contributed by atoms with Crippen LogP contribution in [0.4, 0.5) is 5.82 Å². The van der Waals surface area contributed by atoms with Crippen molar-refractivity contribution >= 4 is 11.7 Å². The van der Waals surface area contributed by atoms with E-state index in [1.54, 1.807) is 26.1 Å². The molecule has 0 saturated carbocycles. The highest BCUT2D eigenvalue weighted by Crippen LogP contribution is 2.17. The van der Waals surface area contributed by atoms with Gasteiger partial charge in [-0.25, -0.2) is 4.98 Å². The summed E-state index contributed by atoms with van der Waals surface area (Å²) >= 11 is 0. The van der Waals surface area contributed by atoms with Gasteiger partial charge in [-0.05, 0) is 38.8 Å². The minimum atomic E-state index is -0.624. The second kappa shape index (κ2) is 6.89. The Morgan fingerprint density at radius 1 is 1.29 bits per heavy atom. The Morgan fingerprint density at radius 3 is 2.48 bits per heavy atom. The average Bonchev–Trinajstić information content (AvgIpc) is 2.76. The summed E-state index contributed by atoms with van der Waals surface area (Å²) in [6.45, 7) is 5.54. The van der Waals surface area contributed by atoms with Crippen molar-refractivity contribution in [2.75, 3.05) is 24.6 Å². The maximum atomic E-state index is 12.1. The molecular formula is C16H25N3O2. The zero-order valence-corrected chi connectivity index (χ0v) is 12.9. The number of aliphatic hydroxyl groups excluding tert-OH is 1. The molecule has 1 aliphatic rings. The van der Waals surface area contributed by atoms with Crippen molar-refractivity contribution in [1.29, 1.82) is 0 Å². The van der Waals surface area contributed by atoms with Crippen molar-refractivity contribution in [3.8, 4) is 0 Å². The molecule has 116 valence electrons. The van der Waals surface area contributed by atoms with Gasteiger partial charge in [0.2, 0.25) is 0 Å². The maximum absolute atomic E-state index is 12.1. The van der Waals surface area contributed by atoms with Gasteiger partial charge in [-0.1, -0.05) is 12.8 Å². The highest BCUT2D eigenvalue weighted by atomic mass is 16.3. The number of aliphatic hydroxyl groups is 1. The fourth-order valence-electron chi connectivity index (χ4n) is 2.43. The Balaban J connectivity index is 2.02. The number of carbonyl (C=O) groups excluding carboxylic acids is 1. The van der Waals surface area contributed by atoms with E-state index in [0.29, 0.717) is 5.56 Å². The molecule has 0 radical (unpaired) electrons. The Labute approximate surface area is 126 Å². The maximum Gasteiger partial charge on any atom is 0.253 e. The van der Waals surface area contributed by atoms with Crippen LogP contribution in [0.25, 0.3) is 0 Å². The van der Waals surface area contributed by atoms with Crippen LogP contribution >= 0.6 is 0 Å². The Kier molecular flexibility index (Phi) is 5.17. The van der Waals surface area contributed by atoms with Crippen molar-refractivity contribution in [3.63, 3.8) is 0 Å². The molecule has 1 aliphatic heterocycles. The van der Waals surface area contributed by atoms with Gasteiger partial charge in [0.15, 0.2) is 0 Å². The van der Waals surface area contributed by atoms with E-state index in [2.05, 4.69) is 15.2 Å². The first-order chi connectivity index (χ1) is 10.0. The van der Waals surface area contributed by atoms with Gasteiger partial charge in [0.1, 0.15) is 5.82 Å². The molecule has 2 N–H and O–H groups in total. The Morgan fingerprint density at radius 2 is 1.95 bits per heavy atom. The van der Waals surface area contributed by atoms with Gasteiger partial charge >= 0.3 is 0 Å². The molecule has 0 spiro atoms. The predicted molar refractivity (Wildman–Crippen MR) is 83.5 cm³/mol. The summed E-state index contributed by atoms with van der Waals surface area (Å²) in [6, 6.07) is 3.71. The molecule has 0 aliphatic carbocycles. The summed E-state index contributed by atoms with van der Waals surface area (Å²) in [5, 5.41) is 12.0. The number of aromatic nitrogens is 1. The summed E-state index contributed by atoms with van der Waals surface area (Å²) in [6.07, 6.45) is 6.59. The Hall–Kier alpha value is -1.62. The van der Waals surface area contributed by atoms with Gasteiger partial charge in [0, 0.05) is 19.3 Å². The first-order valence-corrected chi connectivity index (χ1v) is 7.66. The van der Waals surface area contributed by atoms with Crippen molar-refractivity contribution in [1.82, 2.24) is 10.3 Å². The van der Waals surface area contributed by atoms with Crippen LogP contribution in [0.5, 0.6) is 0 Å². The monoisotopic (exact) mass is 291 g/mol. The van der Waals surface area contributed by atoms with Gasteiger partial charge in [0.05, 0.1) is 17.7 Å². The molecule has 5 nitrogen and oxygen atoms in total. The van der Waals surface area contributed by atoms with E-state index in [0.717, 1.165) is 18.9 Å². The molecule has 0 bridgehead atoms. The molecule has 2 heterocycles. The number of nitrogens with zero attached hydrogens (tertiary/aromatic N) is 2. The van der Waals surface area contributed by atoms with Crippen molar-refractivity contribution in [3.05, 3.63) is 23.9 Å². The number of carbonyl (C=O) groups is 1. The molecule has 1 fully saturated rings. The van der Waals surface area contributed by atoms with Crippen LogP contribution in [0.15, 0.2) is 18.3 Å². The zero-order chi connectivity index (χ0) is 15.3. The number of amides is 1. The molecular weight excluding hydrogens is 266 g/mol. The molecule has 5 heteroatoms. The quantitative estimate of drug-likeness (QED) is 0.890. The van der Waals surface area contributed by atoms with E-state index >= 15 is 0 Å². The fraction of sp³-hybridized carbons (Fsp3) is 0.625. The number of rotatable bonds is 4. The minimum Gasteiger partial charge on any atom is -0.394 e. The Bertz CT molecular complexity index is 463. The number of hydrogen-bond donors (Lipinski definition) is 2. The van der Waals surface area contributed by atoms with E-state index in [9.17, 15) is 9.90 Å². The standard InChI is InChI=1S/C16H25N3O2/c1-16(2,12-20)18-15(21)13-7-8-14(17-11-13)19-9-5-3-4-6-10-19/h7-8,11,20H,3-6,9-10,12H2,1-2H3,(H,18,21). The third-order valence-corrected chi connectivity index (χ3v) is 3.79. The van der Waals surface area contributed by atoms with Gasteiger partial charge in [-0.15, -0.1) is 0 Å². The number of hydrogen-bond acceptors (Lipinski definition) is 4. The van der Waals surface area contributed by atoms with Crippen LogP contribution in [0.3, 0.4) is 0 Å². The molecule has 1 aromatic rings. The third kappa shape index (κ3) is 4.43. The molecule has 1 saturated heterocycles. The molecule has 0 unspecified atom stereocenters. The second-order valence-electron chi connectivity index (χ2n) is 6.30. The van der Waals surface area contributed by atoms with Gasteiger partial charge < -0.3 is 15.3 Å². The summed E-state index contributed by atoms with van der Waals surface area (Å²) in [5.41, 5.74) is -0.101. The van der Waals surface area contributed by atoms with Crippen molar-refractivity contribution in [2.45, 2.75) is 45.1 Å². The number of anilines is 1. The molecule has 1 aromatic heterocycles. The summed E-state index contributed by atoms with van der Waals surface area (Å²) in [4.78, 5) is 18.8. The summed E-state index contributed by atoms with van der Waals surface area (Å²) in [7, 11) is 0. The fourth-order valence-corrected chi connectivity index (χ4v) is 2.43. The normalized spacial score (nSPS) is 16.4. The zero-order valence-electron chi connectivity index (χ0n) is 12.9. The van der Waals surface area contributed by atoms with Crippen molar-refractivity contribution < 1.29 is 9.90 Å². The lowest BCUT2D eigenvalue weighted by Crippen LogP contribution is -2.46. The molecule has 2 rings (SSSR count). The van der Waals surface area contributed by atoms with E-state index in [4.69, 9.17) is 0 Å². The van der Waals surface area contributed by atoms with Gasteiger partial charge in [-0.2, -0.15) is 0 Å². The highest BCUT2D eigenvalue weighted by molar-refractivity contribution is 5.94. The van der Waals surface area contributed by atoms with Gasteiger partial charge in [-0.3, -0.25) is 4.79 Å². The van der Waals surface area contributed by atoms with E-state index in [1.165, 1.54) is 25.7 Å². The molecule has 0 aromatic carbocycles. The van der Waals surface area contributed by atoms with Crippen molar-refractivity contribution in [2.24, 2.45) is 0 Å². The lowest BCUT2D eigenvalue weighted by atomic mass is 10.1. The summed E-state index contributed by atoms with van der Waals surface area (Å²) < 4.78 is 0. The molecule has 1 amide bonds. The minimum absolute atomic E-state index is 0.0992. The van der Waals surface area contributed by atoms with Crippen LogP contribution in [-0.2, 0) is 0 Å². The first kappa shape index (κ1) is 15.8. The largest absolute Gasteiger partial charge is 0.394 e. The second-order valence-corrected chi connectivity index (χ2v) is 6.30. The van der Waals surface area contributed by atoms with Crippen LogP contribution in [0, 0.1) is 0 Å². The van der Waals surface area contributed by atoms with Crippen LogP contribution in [0.2, 0.25) is 0 Å². The topological polar surface area (TPSA) is 65.5 Å². The van der Waals surface area contributed by atoms with E-state index in [1.807, 2.05) is 6.07 Å².